The Labute approximate surface area is 243 Å². The maximum Gasteiger partial charge on any atom is 0.247 e. The normalized spacial score (nSPS) is 24.9. The maximum absolute atomic E-state index is 12.2. The molecule has 1 amide bonds. The number of amides is 1. The van der Waals surface area contributed by atoms with Gasteiger partial charge in [0.25, 0.3) is 0 Å². The highest BCUT2D eigenvalue weighted by Gasteiger charge is 2.40. The van der Waals surface area contributed by atoms with Crippen LogP contribution >= 0.6 is 22.7 Å². The molecule has 0 fully saturated rings. The van der Waals surface area contributed by atoms with Crippen molar-refractivity contribution in [3.8, 4) is 0 Å². The van der Waals surface area contributed by atoms with Crippen LogP contribution in [0.25, 0.3) is 0 Å². The lowest BCUT2D eigenvalue weighted by molar-refractivity contribution is -0.119. The molecule has 2 aliphatic rings. The van der Waals surface area contributed by atoms with Crippen LogP contribution in [0, 0.1) is 0 Å². The third-order valence-corrected chi connectivity index (χ3v) is 16.9. The van der Waals surface area contributed by atoms with Crippen molar-refractivity contribution in [1.82, 2.24) is 10.6 Å². The molecule has 0 saturated carbocycles. The predicted molar refractivity (Wildman–Crippen MR) is 154 cm³/mol. The van der Waals surface area contributed by atoms with Crippen LogP contribution in [0.5, 0.6) is 0 Å². The second-order valence-corrected chi connectivity index (χ2v) is 20.1. The van der Waals surface area contributed by atoms with Gasteiger partial charge in [0.05, 0.1) is 16.5 Å². The second kappa shape index (κ2) is 12.0. The van der Waals surface area contributed by atoms with Crippen molar-refractivity contribution in [2.24, 2.45) is 10.3 Å². The molecule has 0 spiro atoms. The zero-order valence-corrected chi connectivity index (χ0v) is 26.3. The van der Waals surface area contributed by atoms with Gasteiger partial charge in [-0.25, -0.2) is 43.9 Å². The van der Waals surface area contributed by atoms with Gasteiger partial charge in [0.15, 0.2) is 19.7 Å². The Balaban J connectivity index is 0.000000274. The van der Waals surface area contributed by atoms with Crippen molar-refractivity contribution in [1.29, 1.82) is 0 Å². The van der Waals surface area contributed by atoms with Gasteiger partial charge in [0, 0.05) is 24.1 Å². The van der Waals surface area contributed by atoms with Crippen molar-refractivity contribution < 1.29 is 38.5 Å². The summed E-state index contributed by atoms with van der Waals surface area (Å²) >= 11 is 1.37. The minimum Gasteiger partial charge on any atom is -0.349 e. The first-order valence-electron chi connectivity index (χ1n) is 11.5. The van der Waals surface area contributed by atoms with Gasteiger partial charge in [-0.3, -0.25) is 4.79 Å². The minimum atomic E-state index is -3.98. The molecule has 2 aliphatic heterocycles. The lowest BCUT2D eigenvalue weighted by Crippen LogP contribution is -2.35. The van der Waals surface area contributed by atoms with E-state index in [1.54, 1.807) is 6.92 Å². The van der Waals surface area contributed by atoms with E-state index in [-0.39, 0.29) is 42.6 Å². The molecule has 40 heavy (non-hydrogen) atoms. The molecule has 0 saturated heterocycles. The van der Waals surface area contributed by atoms with Crippen LogP contribution < -0.4 is 20.9 Å². The number of sulfonamides is 2. The molecule has 4 atom stereocenters. The minimum absolute atomic E-state index is 0. The number of nitrogens with one attached hydrogen (secondary N) is 2. The number of fused-ring (bicyclic) bond motifs is 2. The van der Waals surface area contributed by atoms with Crippen LogP contribution in [0.3, 0.4) is 0 Å². The Morgan fingerprint density at radius 3 is 1.60 bits per heavy atom. The predicted octanol–water partition coefficient (Wildman–Crippen LogP) is 1.39. The Kier molecular flexibility index (Phi) is 10.5. The standard InChI is InChI=1S/C10H14N2O5S3.C10H16N2O4S3.CH4/c1-5-3-8(12-6(2)13)7-4-9(20(11,16)17)18-10(7)19(5,14)15;1-3-12-8-4-6(2)18(13,14)10-7(8)5-9(17-10)19(11,15)16;/h4-5,8H,3H2,1-2H3,(H,12,13)(H2,11,16,17);5-6,8,12H,3-4H2,1-2H3,(H2,11,15,16);1H4. The first kappa shape index (κ1) is 34.7. The largest absolute Gasteiger partial charge is 0.349 e. The summed E-state index contributed by atoms with van der Waals surface area (Å²) in [5, 5.41) is 14.7. The second-order valence-electron chi connectivity index (χ2n) is 9.25. The van der Waals surface area contributed by atoms with Crippen molar-refractivity contribution in [2.75, 3.05) is 6.54 Å². The van der Waals surface area contributed by atoms with E-state index in [0.717, 1.165) is 11.3 Å². The SMILES string of the molecule is C.CC(=O)NC1CC(C)S(=O)(=O)c2sc(S(N)(=O)=O)cc21.CCNC1CC(C)S(=O)(=O)c2sc(S(N)(=O)=O)cc21. The number of primary sulfonamides is 2. The van der Waals surface area contributed by atoms with Crippen LogP contribution in [0.2, 0.25) is 0 Å². The summed E-state index contributed by atoms with van der Waals surface area (Å²) < 4.78 is 94.3. The lowest BCUT2D eigenvalue weighted by Gasteiger charge is -2.27. The molecule has 0 radical (unpaired) electrons. The van der Waals surface area contributed by atoms with Gasteiger partial charge in [-0.1, -0.05) is 14.4 Å². The number of sulfone groups is 2. The third-order valence-electron chi connectivity index (χ3n) is 6.26. The summed E-state index contributed by atoms with van der Waals surface area (Å²) in [5.74, 6) is -0.309. The smallest absolute Gasteiger partial charge is 0.247 e. The number of thiophene rings is 2. The first-order valence-corrected chi connectivity index (χ1v) is 19.3. The number of carbonyl (C=O) groups is 1. The molecule has 13 nitrogen and oxygen atoms in total. The fraction of sp³-hybridized carbons (Fsp3) is 0.571. The molecule has 228 valence electrons. The summed E-state index contributed by atoms with van der Waals surface area (Å²) in [4.78, 5) is 11.2. The Morgan fingerprint density at radius 1 is 0.875 bits per heavy atom. The molecule has 4 unspecified atom stereocenters. The molecule has 0 aromatic carbocycles. The van der Waals surface area contributed by atoms with E-state index >= 15 is 0 Å². The van der Waals surface area contributed by atoms with Gasteiger partial charge in [0.1, 0.15) is 16.8 Å². The summed E-state index contributed by atoms with van der Waals surface area (Å²) in [5.41, 5.74) is 0.821. The topological polar surface area (TPSA) is 230 Å². The van der Waals surface area contributed by atoms with Crippen molar-refractivity contribution in [2.45, 2.75) is 87.4 Å². The average molecular weight is 679 g/mol. The van der Waals surface area contributed by atoms with E-state index < -0.39 is 56.3 Å². The molecule has 19 heteroatoms. The highest BCUT2D eigenvalue weighted by molar-refractivity contribution is 7.96. The lowest BCUT2D eigenvalue weighted by atomic mass is 10.1. The number of hydrogen-bond acceptors (Lipinski definition) is 12. The van der Waals surface area contributed by atoms with Gasteiger partial charge in [-0.05, 0) is 45.4 Å². The Bertz CT molecular complexity index is 1710. The molecule has 0 aliphatic carbocycles. The van der Waals surface area contributed by atoms with Gasteiger partial charge >= 0.3 is 0 Å². The van der Waals surface area contributed by atoms with Gasteiger partial charge < -0.3 is 10.6 Å². The molecule has 4 heterocycles. The molecule has 2 aromatic rings. The summed E-state index contributed by atoms with van der Waals surface area (Å²) in [6.07, 6.45) is 0.639. The van der Waals surface area contributed by atoms with Gasteiger partial charge in [-0.2, -0.15) is 0 Å². The maximum atomic E-state index is 12.2. The van der Waals surface area contributed by atoms with Crippen LogP contribution in [0.4, 0.5) is 0 Å². The number of rotatable bonds is 5. The zero-order chi connectivity index (χ0) is 29.7. The first-order chi connectivity index (χ1) is 17.7. The van der Waals surface area contributed by atoms with E-state index in [9.17, 15) is 38.5 Å². The number of hydrogen-bond donors (Lipinski definition) is 4. The number of carbonyl (C=O) groups excluding carboxylic acids is 1. The summed E-state index contributed by atoms with van der Waals surface area (Å²) in [6, 6.07) is 1.95. The van der Waals surface area contributed by atoms with E-state index in [4.69, 9.17) is 10.3 Å². The molecule has 6 N–H and O–H groups in total. The Morgan fingerprint density at radius 2 is 1.25 bits per heavy atom. The monoisotopic (exact) mass is 678 g/mol. The van der Waals surface area contributed by atoms with E-state index in [2.05, 4.69) is 10.6 Å². The van der Waals surface area contributed by atoms with E-state index in [0.29, 0.717) is 35.4 Å². The molecular formula is C21H34N4O9S6. The van der Waals surface area contributed by atoms with Crippen molar-refractivity contribution in [3.05, 3.63) is 23.3 Å². The van der Waals surface area contributed by atoms with Crippen LogP contribution in [-0.2, 0) is 44.5 Å². The van der Waals surface area contributed by atoms with E-state index in [1.807, 2.05) is 6.92 Å². The molecule has 2 aromatic heterocycles. The third kappa shape index (κ3) is 6.95. The van der Waals surface area contributed by atoms with Crippen LogP contribution in [0.15, 0.2) is 29.0 Å². The highest BCUT2D eigenvalue weighted by Crippen LogP contribution is 2.43. The van der Waals surface area contributed by atoms with Crippen molar-refractivity contribution in [3.63, 3.8) is 0 Å². The molecule has 4 rings (SSSR count). The molecule has 0 bridgehead atoms. The summed E-state index contributed by atoms with van der Waals surface area (Å²) in [7, 11) is -14.9. The fourth-order valence-corrected chi connectivity index (χ4v) is 13.1. The zero-order valence-electron chi connectivity index (χ0n) is 21.4. The van der Waals surface area contributed by atoms with Gasteiger partial charge in [0.2, 0.25) is 26.0 Å². The fourth-order valence-electron chi connectivity index (χ4n) is 4.30. The van der Waals surface area contributed by atoms with Crippen LogP contribution in [0.1, 0.15) is 71.2 Å². The average Bonchev–Trinajstić information content (AvgIpc) is 3.43. The van der Waals surface area contributed by atoms with Crippen LogP contribution in [-0.4, -0.2) is 56.6 Å². The Hall–Kier alpha value is -1.45. The van der Waals surface area contributed by atoms with Gasteiger partial charge in [-0.15, -0.1) is 22.7 Å². The summed E-state index contributed by atoms with van der Waals surface area (Å²) in [6.45, 7) is 7.08. The highest BCUT2D eigenvalue weighted by atomic mass is 32.3. The quantitative estimate of drug-likeness (QED) is 0.355. The van der Waals surface area contributed by atoms with Crippen molar-refractivity contribution >= 4 is 68.3 Å². The van der Waals surface area contributed by atoms with E-state index in [1.165, 1.54) is 26.0 Å². The number of nitrogens with two attached hydrogens (primary N) is 2. The molecular weight excluding hydrogens is 645 g/mol.